The van der Waals surface area contributed by atoms with Crippen molar-refractivity contribution in [1.29, 1.82) is 0 Å². The summed E-state index contributed by atoms with van der Waals surface area (Å²) in [6.07, 6.45) is 1.40. The van der Waals surface area contributed by atoms with Crippen molar-refractivity contribution in [2.75, 3.05) is 18.5 Å². The molecular weight excluding hydrogens is 494 g/mol. The van der Waals surface area contributed by atoms with Crippen molar-refractivity contribution >= 4 is 38.6 Å². The SMILES string of the molecule is COc1cc(/C=N/NC(=O)c2ccc(CN3c4cccc5cccc(c45)S3(=O)=O)cc2)cc(OC)c1O. The van der Waals surface area contributed by atoms with Crippen molar-refractivity contribution < 1.29 is 27.8 Å². The first-order valence-corrected chi connectivity index (χ1v) is 12.7. The van der Waals surface area contributed by atoms with Crippen LogP contribution in [-0.2, 0) is 16.6 Å². The zero-order valence-corrected chi connectivity index (χ0v) is 20.8. The number of aromatic hydroxyl groups is 1. The van der Waals surface area contributed by atoms with Gasteiger partial charge in [0.05, 0.1) is 37.6 Å². The lowest BCUT2D eigenvalue weighted by molar-refractivity contribution is 0.0955. The van der Waals surface area contributed by atoms with Crippen molar-refractivity contribution in [3.05, 3.63) is 89.5 Å². The van der Waals surface area contributed by atoms with Gasteiger partial charge >= 0.3 is 0 Å². The molecule has 0 saturated carbocycles. The maximum absolute atomic E-state index is 13.2. The average Bonchev–Trinajstić information content (AvgIpc) is 3.13. The molecule has 0 unspecified atom stereocenters. The lowest BCUT2D eigenvalue weighted by Crippen LogP contribution is -2.26. The Hall–Kier alpha value is -4.57. The Balaban J connectivity index is 1.29. The minimum Gasteiger partial charge on any atom is -0.502 e. The number of ether oxygens (including phenoxy) is 2. The van der Waals surface area contributed by atoms with Gasteiger partial charge in [-0.1, -0.05) is 36.4 Å². The van der Waals surface area contributed by atoms with Crippen LogP contribution in [0.4, 0.5) is 5.69 Å². The first-order valence-electron chi connectivity index (χ1n) is 11.3. The van der Waals surface area contributed by atoms with Crippen molar-refractivity contribution in [2.45, 2.75) is 11.4 Å². The van der Waals surface area contributed by atoms with E-state index in [2.05, 4.69) is 10.5 Å². The third kappa shape index (κ3) is 4.31. The standard InChI is InChI=1S/C27H23N3O6S/c1-35-22-13-18(14-23(36-2)26(22)31)15-28-29-27(32)20-11-9-17(10-12-20)16-30-21-7-3-5-19-6-4-8-24(25(19)21)37(30,33)34/h3-15,31H,16H2,1-2H3,(H,29,32)/b28-15+. The Labute approximate surface area is 213 Å². The molecule has 188 valence electrons. The third-order valence-corrected chi connectivity index (χ3v) is 7.91. The van der Waals surface area contributed by atoms with Crippen LogP contribution in [0.25, 0.3) is 10.8 Å². The number of carbonyl (C=O) groups is 1. The Bertz CT molecular complexity index is 1620. The van der Waals surface area contributed by atoms with Crippen molar-refractivity contribution in [2.24, 2.45) is 5.10 Å². The predicted octanol–water partition coefficient (Wildman–Crippen LogP) is 4.04. The second-order valence-electron chi connectivity index (χ2n) is 8.31. The summed E-state index contributed by atoms with van der Waals surface area (Å²) in [6, 6.07) is 20.6. The molecule has 1 heterocycles. The van der Waals surface area contributed by atoms with Crippen molar-refractivity contribution in [3.63, 3.8) is 0 Å². The number of phenolic OH excluding ortho intramolecular Hbond substituents is 1. The van der Waals surface area contributed by atoms with E-state index in [1.54, 1.807) is 54.6 Å². The number of nitrogens with one attached hydrogen (secondary N) is 1. The van der Waals surface area contributed by atoms with Crippen LogP contribution in [0.1, 0.15) is 21.5 Å². The van der Waals surface area contributed by atoms with E-state index in [-0.39, 0.29) is 23.8 Å². The van der Waals surface area contributed by atoms with E-state index in [1.807, 2.05) is 18.2 Å². The van der Waals surface area contributed by atoms with Crippen LogP contribution in [0.3, 0.4) is 0 Å². The highest BCUT2D eigenvalue weighted by Gasteiger charge is 2.35. The first kappa shape index (κ1) is 24.1. The normalized spacial score (nSPS) is 13.7. The van der Waals surface area contributed by atoms with Gasteiger partial charge in [0.2, 0.25) is 5.75 Å². The number of anilines is 1. The molecule has 0 radical (unpaired) electrons. The van der Waals surface area contributed by atoms with Crippen LogP contribution in [0.15, 0.2) is 82.8 Å². The number of hydrogen-bond donors (Lipinski definition) is 2. The monoisotopic (exact) mass is 517 g/mol. The molecule has 4 aromatic carbocycles. The number of amides is 1. The number of rotatable bonds is 7. The van der Waals surface area contributed by atoms with Crippen LogP contribution in [0.5, 0.6) is 17.2 Å². The van der Waals surface area contributed by atoms with Crippen LogP contribution in [0.2, 0.25) is 0 Å². The molecular formula is C27H23N3O6S. The molecule has 0 saturated heterocycles. The molecule has 0 bridgehead atoms. The Morgan fingerprint density at radius 3 is 2.30 bits per heavy atom. The van der Waals surface area contributed by atoms with Gasteiger partial charge in [-0.15, -0.1) is 0 Å². The van der Waals surface area contributed by atoms with Crippen LogP contribution < -0.4 is 19.2 Å². The molecule has 1 amide bonds. The second kappa shape index (κ2) is 9.47. The zero-order chi connectivity index (χ0) is 26.2. The minimum absolute atomic E-state index is 0.131. The molecule has 2 N–H and O–H groups in total. The van der Waals surface area contributed by atoms with Crippen LogP contribution in [-0.4, -0.2) is 39.9 Å². The van der Waals surface area contributed by atoms with Gasteiger partial charge in [0, 0.05) is 16.5 Å². The molecule has 5 rings (SSSR count). The number of benzene rings is 4. The molecule has 0 fully saturated rings. The molecule has 0 aliphatic carbocycles. The maximum Gasteiger partial charge on any atom is 0.271 e. The first-order chi connectivity index (χ1) is 17.8. The van der Waals surface area contributed by atoms with E-state index in [1.165, 1.54) is 24.7 Å². The average molecular weight is 518 g/mol. The molecule has 0 aromatic heterocycles. The lowest BCUT2D eigenvalue weighted by atomic mass is 10.1. The van der Waals surface area contributed by atoms with E-state index in [4.69, 9.17) is 9.47 Å². The molecule has 4 aromatic rings. The molecule has 0 spiro atoms. The highest BCUT2D eigenvalue weighted by molar-refractivity contribution is 7.93. The molecule has 10 heteroatoms. The van der Waals surface area contributed by atoms with Gasteiger partial charge in [-0.05, 0) is 47.3 Å². The highest BCUT2D eigenvalue weighted by atomic mass is 32.2. The number of hydrogen-bond acceptors (Lipinski definition) is 7. The van der Waals surface area contributed by atoms with E-state index >= 15 is 0 Å². The fourth-order valence-corrected chi connectivity index (χ4v) is 5.97. The predicted molar refractivity (Wildman–Crippen MR) is 140 cm³/mol. The summed E-state index contributed by atoms with van der Waals surface area (Å²) < 4.78 is 38.0. The third-order valence-electron chi connectivity index (χ3n) is 6.11. The number of phenols is 1. The van der Waals surface area contributed by atoms with Crippen molar-refractivity contribution in [3.8, 4) is 17.2 Å². The van der Waals surface area contributed by atoms with E-state index in [0.717, 1.165) is 16.3 Å². The van der Waals surface area contributed by atoms with E-state index in [0.29, 0.717) is 21.7 Å². The smallest absolute Gasteiger partial charge is 0.271 e. The number of sulfonamides is 1. The Morgan fingerprint density at radius 1 is 1.00 bits per heavy atom. The van der Waals surface area contributed by atoms with Gasteiger partial charge in [0.25, 0.3) is 15.9 Å². The van der Waals surface area contributed by atoms with Crippen LogP contribution >= 0.6 is 0 Å². The minimum atomic E-state index is -3.67. The summed E-state index contributed by atoms with van der Waals surface area (Å²) in [7, 11) is -0.841. The van der Waals surface area contributed by atoms with Gasteiger partial charge in [-0.3, -0.25) is 9.10 Å². The van der Waals surface area contributed by atoms with E-state index in [9.17, 15) is 18.3 Å². The largest absolute Gasteiger partial charge is 0.502 e. The van der Waals surface area contributed by atoms with Gasteiger partial charge in [0.1, 0.15) is 0 Å². The maximum atomic E-state index is 13.2. The summed E-state index contributed by atoms with van der Waals surface area (Å²) in [6.45, 7) is 0.140. The molecule has 1 aliphatic heterocycles. The summed E-state index contributed by atoms with van der Waals surface area (Å²) in [5, 5.41) is 15.6. The zero-order valence-electron chi connectivity index (χ0n) is 20.0. The Morgan fingerprint density at radius 2 is 1.65 bits per heavy atom. The lowest BCUT2D eigenvalue weighted by Gasteiger charge is -2.19. The van der Waals surface area contributed by atoms with Crippen LogP contribution in [0, 0.1) is 0 Å². The summed E-state index contributed by atoms with van der Waals surface area (Å²) in [5.74, 6) is -0.149. The van der Waals surface area contributed by atoms with Crippen molar-refractivity contribution in [1.82, 2.24) is 5.43 Å². The fraction of sp³-hybridized carbons (Fsp3) is 0.111. The highest BCUT2D eigenvalue weighted by Crippen LogP contribution is 2.42. The number of methoxy groups -OCH3 is 2. The fourth-order valence-electron chi connectivity index (χ4n) is 4.27. The molecule has 9 nitrogen and oxygen atoms in total. The number of carbonyl (C=O) groups excluding carboxylic acids is 1. The van der Waals surface area contributed by atoms with E-state index < -0.39 is 15.9 Å². The van der Waals surface area contributed by atoms with Gasteiger partial charge in [-0.25, -0.2) is 13.8 Å². The second-order valence-corrected chi connectivity index (χ2v) is 10.1. The molecule has 0 atom stereocenters. The summed E-state index contributed by atoms with van der Waals surface area (Å²) >= 11 is 0. The Kier molecular flexibility index (Phi) is 6.18. The number of nitrogens with zero attached hydrogens (tertiary/aromatic N) is 2. The van der Waals surface area contributed by atoms with Gasteiger partial charge in [-0.2, -0.15) is 5.10 Å². The quantitative estimate of drug-likeness (QED) is 0.282. The summed E-state index contributed by atoms with van der Waals surface area (Å²) in [5.41, 5.74) is 4.73. The van der Waals surface area contributed by atoms with Gasteiger partial charge < -0.3 is 14.6 Å². The number of hydrazone groups is 1. The molecule has 1 aliphatic rings. The molecule has 37 heavy (non-hydrogen) atoms. The summed E-state index contributed by atoms with van der Waals surface area (Å²) in [4.78, 5) is 12.9. The topological polar surface area (TPSA) is 118 Å². The van der Waals surface area contributed by atoms with Gasteiger partial charge in [0.15, 0.2) is 11.5 Å².